The highest BCUT2D eigenvalue weighted by Crippen LogP contribution is 2.32. The lowest BCUT2D eigenvalue weighted by Crippen LogP contribution is -2.37. The Morgan fingerprint density at radius 1 is 1.07 bits per heavy atom. The average Bonchev–Trinajstić information content (AvgIpc) is 2.68. The van der Waals surface area contributed by atoms with Gasteiger partial charge in [0.25, 0.3) is 5.91 Å². The predicted molar refractivity (Wildman–Crippen MR) is 113 cm³/mol. The fourth-order valence-electron chi connectivity index (χ4n) is 3.97. The number of nitrogens with zero attached hydrogens (tertiary/aromatic N) is 1. The minimum absolute atomic E-state index is 0.120. The number of amides is 1. The lowest BCUT2D eigenvalue weighted by Gasteiger charge is -2.36. The number of benzene rings is 3. The average molecular weight is 359 g/mol. The van der Waals surface area contributed by atoms with Gasteiger partial charge in [-0.25, -0.2) is 0 Å². The molecule has 0 spiro atoms. The van der Waals surface area contributed by atoms with E-state index >= 15 is 0 Å². The molecule has 3 aromatic carbocycles. The Morgan fingerprint density at radius 2 is 1.89 bits per heavy atom. The number of hydrogen-bond donors (Lipinski definition) is 2. The number of nitrogen functional groups attached to an aromatic ring is 1. The zero-order chi connectivity index (χ0) is 18.8. The highest BCUT2D eigenvalue weighted by molar-refractivity contribution is 6.13. The molecule has 4 rings (SSSR count). The van der Waals surface area contributed by atoms with Crippen LogP contribution in [0.15, 0.2) is 60.7 Å². The van der Waals surface area contributed by atoms with Gasteiger partial charge in [-0.3, -0.25) is 4.79 Å². The predicted octanol–water partition coefficient (Wildman–Crippen LogP) is 5.05. The fourth-order valence-corrected chi connectivity index (χ4v) is 3.97. The van der Waals surface area contributed by atoms with Gasteiger partial charge in [-0.05, 0) is 61.2 Å². The molecule has 3 aromatic rings. The lowest BCUT2D eigenvalue weighted by molar-refractivity contribution is 0.102. The molecule has 1 saturated heterocycles. The van der Waals surface area contributed by atoms with Gasteiger partial charge in [-0.2, -0.15) is 0 Å². The summed E-state index contributed by atoms with van der Waals surface area (Å²) in [6.07, 6.45) is 3.67. The molecule has 3 N–H and O–H groups in total. The maximum absolute atomic E-state index is 12.8. The third-order valence-electron chi connectivity index (χ3n) is 5.43. The molecule has 0 aliphatic carbocycles. The molecule has 1 heterocycles. The Kier molecular flexibility index (Phi) is 4.71. The van der Waals surface area contributed by atoms with E-state index in [4.69, 9.17) is 5.73 Å². The summed E-state index contributed by atoms with van der Waals surface area (Å²) >= 11 is 0. The molecule has 0 bridgehead atoms. The Labute approximate surface area is 160 Å². The summed E-state index contributed by atoms with van der Waals surface area (Å²) in [5.74, 6) is -0.120. The smallest absolute Gasteiger partial charge is 0.256 e. The highest BCUT2D eigenvalue weighted by atomic mass is 16.1. The van der Waals surface area contributed by atoms with E-state index in [0.717, 1.165) is 28.7 Å². The van der Waals surface area contributed by atoms with Gasteiger partial charge < -0.3 is 16.0 Å². The number of rotatable bonds is 3. The molecule has 1 aliphatic rings. The first kappa shape index (κ1) is 17.4. The van der Waals surface area contributed by atoms with Gasteiger partial charge >= 0.3 is 0 Å². The molecule has 4 nitrogen and oxygen atoms in total. The van der Waals surface area contributed by atoms with E-state index in [0.29, 0.717) is 17.3 Å². The van der Waals surface area contributed by atoms with E-state index in [2.05, 4.69) is 17.1 Å². The number of piperidine rings is 1. The van der Waals surface area contributed by atoms with Crippen LogP contribution in [-0.2, 0) is 0 Å². The molecule has 0 radical (unpaired) electrons. The Balaban J connectivity index is 1.57. The number of hydrogen-bond acceptors (Lipinski definition) is 3. The minimum Gasteiger partial charge on any atom is -0.397 e. The first-order valence-electron chi connectivity index (χ1n) is 9.59. The third-order valence-corrected chi connectivity index (χ3v) is 5.43. The van der Waals surface area contributed by atoms with Gasteiger partial charge in [-0.1, -0.05) is 36.4 Å². The monoisotopic (exact) mass is 359 g/mol. The molecular formula is C23H25N3O. The Bertz CT molecular complexity index is 977. The van der Waals surface area contributed by atoms with E-state index in [1.807, 2.05) is 60.7 Å². The van der Waals surface area contributed by atoms with Crippen LogP contribution < -0.4 is 16.0 Å². The summed E-state index contributed by atoms with van der Waals surface area (Å²) in [6.45, 7) is 3.28. The van der Waals surface area contributed by atoms with Crippen LogP contribution in [0.25, 0.3) is 10.8 Å². The van der Waals surface area contributed by atoms with Crippen molar-refractivity contribution in [2.24, 2.45) is 0 Å². The molecule has 4 heteroatoms. The molecule has 1 fully saturated rings. The van der Waals surface area contributed by atoms with E-state index in [9.17, 15) is 4.79 Å². The zero-order valence-corrected chi connectivity index (χ0v) is 15.6. The molecule has 0 aromatic heterocycles. The number of nitrogens with one attached hydrogen (secondary N) is 1. The van der Waals surface area contributed by atoms with Gasteiger partial charge in [0.1, 0.15) is 0 Å². The highest BCUT2D eigenvalue weighted by Gasteiger charge is 2.20. The second kappa shape index (κ2) is 7.31. The van der Waals surface area contributed by atoms with Crippen LogP contribution in [0.3, 0.4) is 0 Å². The zero-order valence-electron chi connectivity index (χ0n) is 15.6. The quantitative estimate of drug-likeness (QED) is 0.643. The number of anilines is 3. The van der Waals surface area contributed by atoms with E-state index in [1.54, 1.807) is 0 Å². The molecular weight excluding hydrogens is 334 g/mol. The van der Waals surface area contributed by atoms with Crippen LogP contribution in [-0.4, -0.2) is 18.5 Å². The second-order valence-electron chi connectivity index (χ2n) is 7.29. The number of carbonyl (C=O) groups excluding carboxylic acids is 1. The van der Waals surface area contributed by atoms with Gasteiger partial charge in [-0.15, -0.1) is 0 Å². The van der Waals surface area contributed by atoms with Crippen molar-refractivity contribution in [1.29, 1.82) is 0 Å². The van der Waals surface area contributed by atoms with Crippen LogP contribution in [0.5, 0.6) is 0 Å². The first-order valence-corrected chi connectivity index (χ1v) is 9.59. The largest absolute Gasteiger partial charge is 0.397 e. The van der Waals surface area contributed by atoms with Crippen molar-refractivity contribution in [3.05, 3.63) is 66.2 Å². The van der Waals surface area contributed by atoms with E-state index in [1.165, 1.54) is 19.3 Å². The second-order valence-corrected chi connectivity index (χ2v) is 7.29. The van der Waals surface area contributed by atoms with Crippen molar-refractivity contribution in [3.8, 4) is 0 Å². The van der Waals surface area contributed by atoms with E-state index < -0.39 is 0 Å². The lowest BCUT2D eigenvalue weighted by atomic mass is 10.0. The summed E-state index contributed by atoms with van der Waals surface area (Å²) in [6, 6.07) is 20.0. The van der Waals surface area contributed by atoms with Gasteiger partial charge in [0, 0.05) is 23.8 Å². The van der Waals surface area contributed by atoms with Crippen molar-refractivity contribution >= 4 is 33.7 Å². The summed E-state index contributed by atoms with van der Waals surface area (Å²) in [5.41, 5.74) is 9.48. The molecule has 0 saturated carbocycles. The van der Waals surface area contributed by atoms with Gasteiger partial charge in [0.15, 0.2) is 0 Å². The van der Waals surface area contributed by atoms with Crippen molar-refractivity contribution in [2.45, 2.75) is 32.2 Å². The normalized spacial score (nSPS) is 17.1. The van der Waals surface area contributed by atoms with Crippen molar-refractivity contribution in [2.75, 3.05) is 22.5 Å². The topological polar surface area (TPSA) is 58.4 Å². The van der Waals surface area contributed by atoms with Crippen molar-refractivity contribution in [3.63, 3.8) is 0 Å². The maximum Gasteiger partial charge on any atom is 0.256 e. The van der Waals surface area contributed by atoms with Crippen molar-refractivity contribution in [1.82, 2.24) is 0 Å². The number of nitrogens with two attached hydrogens (primary N) is 1. The number of fused-ring (bicyclic) bond motifs is 1. The van der Waals surface area contributed by atoms with Gasteiger partial charge in [0.2, 0.25) is 0 Å². The third kappa shape index (κ3) is 3.47. The van der Waals surface area contributed by atoms with Crippen LogP contribution in [0.1, 0.15) is 36.5 Å². The van der Waals surface area contributed by atoms with Crippen LogP contribution in [0.2, 0.25) is 0 Å². The molecule has 138 valence electrons. The SMILES string of the molecule is C[C@H]1CCCCN1c1ccc(NC(=O)c2cccc3ccccc23)cc1N. The standard InChI is InChI=1S/C23H25N3O/c1-16-7-4-5-14-26(16)22-13-12-18(15-21(22)24)25-23(27)20-11-6-9-17-8-2-3-10-19(17)20/h2-3,6,8-13,15-16H,4-5,7,14,24H2,1H3,(H,25,27)/t16-/m0/s1. The molecule has 1 amide bonds. The van der Waals surface area contributed by atoms with Gasteiger partial charge in [0.05, 0.1) is 11.4 Å². The molecule has 1 atom stereocenters. The maximum atomic E-state index is 12.8. The number of carbonyl (C=O) groups is 1. The molecule has 1 aliphatic heterocycles. The Morgan fingerprint density at radius 3 is 2.70 bits per heavy atom. The molecule has 27 heavy (non-hydrogen) atoms. The fraction of sp³-hybridized carbons (Fsp3) is 0.261. The molecule has 0 unspecified atom stereocenters. The van der Waals surface area contributed by atoms with Crippen LogP contribution in [0, 0.1) is 0 Å². The minimum atomic E-state index is -0.120. The van der Waals surface area contributed by atoms with Crippen LogP contribution in [0.4, 0.5) is 17.1 Å². The van der Waals surface area contributed by atoms with E-state index in [-0.39, 0.29) is 5.91 Å². The summed E-state index contributed by atoms with van der Waals surface area (Å²) < 4.78 is 0. The van der Waals surface area contributed by atoms with Crippen molar-refractivity contribution < 1.29 is 4.79 Å². The summed E-state index contributed by atoms with van der Waals surface area (Å²) in [5, 5.41) is 5.00. The summed E-state index contributed by atoms with van der Waals surface area (Å²) in [4.78, 5) is 15.2. The van der Waals surface area contributed by atoms with Crippen LogP contribution >= 0.6 is 0 Å². The summed E-state index contributed by atoms with van der Waals surface area (Å²) in [7, 11) is 0. The Hall–Kier alpha value is -3.01. The first-order chi connectivity index (χ1) is 13.1.